The zero-order valence-corrected chi connectivity index (χ0v) is 41.3. The first kappa shape index (κ1) is 56.0. The fourth-order valence-electron chi connectivity index (χ4n) is 7.31. The molecule has 64 heavy (non-hydrogen) atoms. The summed E-state index contributed by atoms with van der Waals surface area (Å²) in [6.45, 7) is 15.9. The van der Waals surface area contributed by atoms with Crippen LogP contribution in [0.25, 0.3) is 10.1 Å². The van der Waals surface area contributed by atoms with Crippen LogP contribution in [0.15, 0.2) is 67.0 Å². The number of methoxy groups -OCH3 is 1. The first-order valence-electron chi connectivity index (χ1n) is 22.2. The van der Waals surface area contributed by atoms with Crippen molar-refractivity contribution in [2.24, 2.45) is 0 Å². The Morgan fingerprint density at radius 3 is 2.17 bits per heavy atom. The number of carbonyl (C=O) groups excluding carboxylic acids is 4. The lowest BCUT2D eigenvalue weighted by Gasteiger charge is -2.26. The van der Waals surface area contributed by atoms with Gasteiger partial charge >= 0.3 is 7.52 Å². The summed E-state index contributed by atoms with van der Waals surface area (Å²) >= 11 is 1.28. The van der Waals surface area contributed by atoms with Crippen molar-refractivity contribution < 1.29 is 37.4 Å². The van der Waals surface area contributed by atoms with Crippen LogP contribution >= 0.6 is 18.9 Å². The molecule has 0 bridgehead atoms. The Balaban J connectivity index is 0.000000345. The number of fused-ring (bicyclic) bond motifs is 1. The number of aldehydes is 2. The molecule has 2 saturated heterocycles. The molecule has 1 spiro atoms. The zero-order valence-electron chi connectivity index (χ0n) is 39.6. The zero-order chi connectivity index (χ0) is 47.7. The van der Waals surface area contributed by atoms with Gasteiger partial charge in [0.25, 0.3) is 5.91 Å². The SMILES string of the molecule is C=O.CCCCC=O.CCCOC.CN1CCCC1.CN1C[C@@H](c2cccnc2)CC12CC2.CNC(=O)c1cc2cc(C(F)P(=O)(NC(C)C=O)Oc3c(C)cccc3C)ccc2s1. The fraction of sp³-hybridized carbons (Fsp3) is 0.531. The molecule has 4 aromatic rings. The fourth-order valence-corrected chi connectivity index (χ4v) is 10.3. The van der Waals surface area contributed by atoms with E-state index in [-0.39, 0.29) is 11.5 Å². The predicted molar refractivity (Wildman–Crippen MR) is 260 cm³/mol. The summed E-state index contributed by atoms with van der Waals surface area (Å²) in [5.41, 5.74) is 3.55. The van der Waals surface area contributed by atoms with Crippen LogP contribution in [0.1, 0.15) is 122 Å². The number of rotatable bonds is 14. The van der Waals surface area contributed by atoms with Gasteiger partial charge < -0.3 is 38.8 Å². The van der Waals surface area contributed by atoms with E-state index < -0.39 is 19.5 Å². The van der Waals surface area contributed by atoms with Crippen LogP contribution in [0.4, 0.5) is 4.39 Å². The number of unbranched alkanes of at least 4 members (excludes halogenated alkanes) is 2. The monoisotopic (exact) mass is 925 g/mol. The van der Waals surface area contributed by atoms with Gasteiger partial charge in [0.15, 0.2) is 0 Å². The van der Waals surface area contributed by atoms with E-state index in [0.717, 1.165) is 49.2 Å². The number of pyridine rings is 1. The van der Waals surface area contributed by atoms with Crippen molar-refractivity contribution in [3.63, 3.8) is 0 Å². The highest BCUT2D eigenvalue weighted by Crippen LogP contribution is 2.59. The Morgan fingerprint density at radius 1 is 1.05 bits per heavy atom. The molecule has 4 atom stereocenters. The molecule has 7 rings (SSSR count). The summed E-state index contributed by atoms with van der Waals surface area (Å²) in [5, 5.41) is 5.77. The summed E-state index contributed by atoms with van der Waals surface area (Å²) in [4.78, 5) is 50.3. The Morgan fingerprint density at radius 2 is 1.72 bits per heavy atom. The highest BCUT2D eigenvalue weighted by Gasteiger charge is 2.52. The van der Waals surface area contributed by atoms with E-state index in [9.17, 15) is 18.9 Å². The van der Waals surface area contributed by atoms with Crippen LogP contribution in [0.5, 0.6) is 5.75 Å². The number of nitrogens with zero attached hydrogens (tertiary/aromatic N) is 3. The molecular formula is C49H73FN5O7PS. The van der Waals surface area contributed by atoms with E-state index >= 15 is 4.39 Å². The maximum atomic E-state index is 15.7. The van der Waals surface area contributed by atoms with Crippen LogP contribution in [0, 0.1) is 13.8 Å². The molecule has 3 unspecified atom stereocenters. The highest BCUT2D eigenvalue weighted by atomic mass is 32.1. The normalized spacial score (nSPS) is 17.7. The Bertz CT molecular complexity index is 2010. The Hall–Kier alpha value is -4.17. The third-order valence-corrected chi connectivity index (χ3v) is 14.3. The number of nitrogens with one attached hydrogen (secondary N) is 2. The van der Waals surface area contributed by atoms with Gasteiger partial charge in [-0.15, -0.1) is 11.3 Å². The number of thiophene rings is 1. The molecule has 354 valence electrons. The third kappa shape index (κ3) is 17.7. The second kappa shape index (κ2) is 29.4. The third-order valence-electron chi connectivity index (χ3n) is 11.1. The van der Waals surface area contributed by atoms with Crippen LogP contribution in [-0.2, 0) is 23.7 Å². The summed E-state index contributed by atoms with van der Waals surface area (Å²) < 4.78 is 40.7. The smallest absolute Gasteiger partial charge is 0.355 e. The minimum Gasteiger partial charge on any atom is -0.430 e. The number of halogens is 1. The topological polar surface area (TPSA) is 147 Å². The Kier molecular flexibility index (Phi) is 25.7. The number of aromatic nitrogens is 1. The molecule has 15 heteroatoms. The van der Waals surface area contributed by atoms with Gasteiger partial charge in [-0.05, 0) is 151 Å². The second-order valence-electron chi connectivity index (χ2n) is 16.4. The van der Waals surface area contributed by atoms with Crippen molar-refractivity contribution in [1.82, 2.24) is 25.2 Å². The first-order chi connectivity index (χ1) is 30.7. The van der Waals surface area contributed by atoms with Crippen LogP contribution in [0.3, 0.4) is 0 Å². The summed E-state index contributed by atoms with van der Waals surface area (Å²) in [5.74, 6) is -1.22. The number of hydrogen-bond acceptors (Lipinski definition) is 11. The minimum absolute atomic E-state index is 0.133. The molecule has 2 aromatic heterocycles. The molecule has 0 radical (unpaired) electrons. The number of likely N-dealkylation sites (tertiary alicyclic amines) is 2. The van der Waals surface area contributed by atoms with Crippen molar-refractivity contribution in [1.29, 1.82) is 0 Å². The van der Waals surface area contributed by atoms with Gasteiger partial charge in [-0.3, -0.25) is 14.3 Å². The Labute approximate surface area is 385 Å². The van der Waals surface area contributed by atoms with E-state index in [1.807, 2.05) is 31.3 Å². The van der Waals surface area contributed by atoms with Crippen molar-refractivity contribution in [3.05, 3.63) is 94.1 Å². The predicted octanol–water partition coefficient (Wildman–Crippen LogP) is 10.3. The number of ether oxygens (including phenoxy) is 1. The standard InChI is InChI=1S/C22H24FN2O4PS.C12H16N2.C5H11N.C5H10O.C4H10O.CH2O/c1-13-6-5-7-14(2)20(13)29-30(28,25-15(3)12-26)21(23)16-8-9-18-17(10-16)11-19(31-18)22(27)24-4;1-14-9-11(7-12(14)4-5-12)10-3-2-6-13-8-10;1-6-4-2-3-5-6;1-2-3-4-5-6;1-3-4-5-2;1-2/h5-12,15,21H,1-4H3,(H,24,27)(H,25,28);2-3,6,8,11H,4-5,7,9H2,1H3;2-5H2,1H3;5H,2-4H2,1H3;3-4H2,1-2H3;1H2/t;11-;;;;/m.0..../s1. The minimum atomic E-state index is -4.20. The largest absolute Gasteiger partial charge is 0.430 e. The van der Waals surface area contributed by atoms with Gasteiger partial charge in [-0.25, -0.2) is 9.48 Å². The van der Waals surface area contributed by atoms with Gasteiger partial charge in [0, 0.05) is 56.4 Å². The number of benzene rings is 2. The first-order valence-corrected chi connectivity index (χ1v) is 24.7. The lowest BCUT2D eigenvalue weighted by atomic mass is 9.97. The average molecular weight is 926 g/mol. The van der Waals surface area contributed by atoms with E-state index in [2.05, 4.69) is 59.2 Å². The van der Waals surface area contributed by atoms with Crippen LogP contribution < -0.4 is 14.9 Å². The number of alkyl halides is 1. The second-order valence-corrected chi connectivity index (χ2v) is 19.6. The number of para-hydroxylation sites is 1. The molecule has 1 saturated carbocycles. The molecule has 2 aromatic carbocycles. The van der Waals surface area contributed by atoms with E-state index in [0.29, 0.717) is 39.0 Å². The van der Waals surface area contributed by atoms with Crippen molar-refractivity contribution in [2.45, 2.75) is 116 Å². The molecule has 2 aliphatic heterocycles. The summed E-state index contributed by atoms with van der Waals surface area (Å²) in [7, 11) is 3.49. The highest BCUT2D eigenvalue weighted by molar-refractivity contribution is 7.57. The van der Waals surface area contributed by atoms with Crippen molar-refractivity contribution in [2.75, 3.05) is 54.5 Å². The van der Waals surface area contributed by atoms with E-state index in [4.69, 9.17) is 14.1 Å². The van der Waals surface area contributed by atoms with E-state index in [1.54, 1.807) is 51.3 Å². The number of hydrogen-bond donors (Lipinski definition) is 2. The quantitative estimate of drug-likeness (QED) is 0.0708. The summed E-state index contributed by atoms with van der Waals surface area (Å²) in [6, 6.07) is 15.2. The van der Waals surface area contributed by atoms with E-state index in [1.165, 1.54) is 88.7 Å². The molecule has 4 heterocycles. The van der Waals surface area contributed by atoms with Crippen molar-refractivity contribution in [3.8, 4) is 5.75 Å². The number of carbonyl (C=O) groups is 4. The summed E-state index contributed by atoms with van der Waals surface area (Å²) in [6.07, 6.45) is 16.4. The lowest BCUT2D eigenvalue weighted by molar-refractivity contribution is -0.109. The molecule has 1 amide bonds. The number of amides is 1. The number of likely N-dealkylation sites (N-methyl/N-ethyl adjacent to an activating group) is 1. The number of aryl methyl sites for hydroxylation is 2. The van der Waals surface area contributed by atoms with Gasteiger partial charge in [0.2, 0.25) is 5.91 Å². The van der Waals surface area contributed by atoms with Gasteiger partial charge in [-0.1, -0.05) is 50.6 Å². The van der Waals surface area contributed by atoms with Crippen LogP contribution in [-0.4, -0.2) is 106 Å². The molecule has 3 fully saturated rings. The lowest BCUT2D eigenvalue weighted by Crippen LogP contribution is -2.28. The van der Waals surface area contributed by atoms with Crippen molar-refractivity contribution >= 4 is 54.2 Å². The van der Waals surface area contributed by atoms with Gasteiger partial charge in [0.1, 0.15) is 25.1 Å². The maximum absolute atomic E-state index is 15.7. The molecule has 3 aliphatic rings. The van der Waals surface area contributed by atoms with Gasteiger partial charge in [0.05, 0.1) is 10.9 Å². The molecule has 12 nitrogen and oxygen atoms in total. The maximum Gasteiger partial charge on any atom is 0.355 e. The molecular weight excluding hydrogens is 853 g/mol. The van der Waals surface area contributed by atoms with Gasteiger partial charge in [-0.2, -0.15) is 0 Å². The average Bonchev–Trinajstić information content (AvgIpc) is 3.55. The van der Waals surface area contributed by atoms with Crippen LogP contribution in [0.2, 0.25) is 0 Å². The molecule has 2 N–H and O–H groups in total. The molecule has 1 aliphatic carbocycles.